The van der Waals surface area contributed by atoms with Gasteiger partial charge < -0.3 is 9.30 Å². The number of alkyl halides is 3. The fourth-order valence-corrected chi connectivity index (χ4v) is 1.95. The lowest BCUT2D eigenvalue weighted by atomic mass is 10.0. The summed E-state index contributed by atoms with van der Waals surface area (Å²) in [6, 6.07) is 6.32. The van der Waals surface area contributed by atoms with Crippen molar-refractivity contribution < 1.29 is 22.7 Å². The van der Waals surface area contributed by atoms with E-state index in [0.29, 0.717) is 16.8 Å². The molecule has 0 N–H and O–H groups in total. The lowest BCUT2D eigenvalue weighted by Gasteiger charge is -2.09. The summed E-state index contributed by atoms with van der Waals surface area (Å²) in [5.74, 6) is -0.535. The zero-order valence-corrected chi connectivity index (χ0v) is 10.9. The van der Waals surface area contributed by atoms with Gasteiger partial charge in [-0.25, -0.2) is 4.79 Å². The maximum Gasteiger partial charge on any atom is 0.416 e. The zero-order valence-electron chi connectivity index (χ0n) is 10.9. The maximum atomic E-state index is 12.5. The van der Waals surface area contributed by atoms with Gasteiger partial charge in [0.2, 0.25) is 0 Å². The van der Waals surface area contributed by atoms with Gasteiger partial charge in [-0.3, -0.25) is 0 Å². The molecule has 0 unspecified atom stereocenters. The van der Waals surface area contributed by atoms with Gasteiger partial charge in [0.15, 0.2) is 0 Å². The van der Waals surface area contributed by atoms with Crippen LogP contribution in [0.15, 0.2) is 36.5 Å². The monoisotopic (exact) mass is 283 g/mol. The molecule has 1 aromatic heterocycles. The first kappa shape index (κ1) is 14.2. The van der Waals surface area contributed by atoms with Crippen molar-refractivity contribution in [3.63, 3.8) is 0 Å². The van der Waals surface area contributed by atoms with E-state index in [1.165, 1.54) is 19.2 Å². The largest absolute Gasteiger partial charge is 0.464 e. The van der Waals surface area contributed by atoms with E-state index < -0.39 is 17.7 Å². The van der Waals surface area contributed by atoms with Crippen LogP contribution in [-0.2, 0) is 18.0 Å². The molecule has 1 aromatic carbocycles. The molecule has 0 aliphatic rings. The summed E-state index contributed by atoms with van der Waals surface area (Å²) in [5.41, 5.74) is 0.635. The van der Waals surface area contributed by atoms with Gasteiger partial charge in [-0.15, -0.1) is 0 Å². The van der Waals surface area contributed by atoms with Crippen LogP contribution < -0.4 is 0 Å². The molecule has 0 saturated heterocycles. The number of rotatable bonds is 2. The normalized spacial score (nSPS) is 11.4. The highest BCUT2D eigenvalue weighted by molar-refractivity contribution is 5.95. The number of ether oxygens (including phenoxy) is 1. The van der Waals surface area contributed by atoms with E-state index >= 15 is 0 Å². The highest BCUT2D eigenvalue weighted by Gasteiger charge is 2.30. The topological polar surface area (TPSA) is 31.2 Å². The number of esters is 1. The zero-order chi connectivity index (χ0) is 14.9. The molecule has 0 spiro atoms. The van der Waals surface area contributed by atoms with Crippen molar-refractivity contribution in [3.05, 3.63) is 47.8 Å². The Kier molecular flexibility index (Phi) is 3.57. The van der Waals surface area contributed by atoms with Crippen LogP contribution >= 0.6 is 0 Å². The summed E-state index contributed by atoms with van der Waals surface area (Å²) in [6.07, 6.45) is -2.72. The van der Waals surface area contributed by atoms with Crippen LogP contribution in [0.3, 0.4) is 0 Å². The second-order valence-electron chi connectivity index (χ2n) is 4.26. The average Bonchev–Trinajstić information content (AvgIpc) is 2.79. The average molecular weight is 283 g/mol. The molecule has 2 rings (SSSR count). The number of aryl methyl sites for hydroxylation is 1. The smallest absolute Gasteiger partial charge is 0.416 e. The molecule has 0 amide bonds. The van der Waals surface area contributed by atoms with E-state index in [2.05, 4.69) is 4.74 Å². The molecular weight excluding hydrogens is 271 g/mol. The number of aromatic nitrogens is 1. The van der Waals surface area contributed by atoms with Gasteiger partial charge in [-0.1, -0.05) is 12.1 Å². The minimum Gasteiger partial charge on any atom is -0.464 e. The van der Waals surface area contributed by atoms with Gasteiger partial charge in [-0.2, -0.15) is 13.2 Å². The number of benzene rings is 1. The summed E-state index contributed by atoms with van der Waals surface area (Å²) >= 11 is 0. The second kappa shape index (κ2) is 5.03. The Morgan fingerprint density at radius 3 is 2.25 bits per heavy atom. The third kappa shape index (κ3) is 2.54. The van der Waals surface area contributed by atoms with Gasteiger partial charge in [-0.05, 0) is 23.8 Å². The van der Waals surface area contributed by atoms with Gasteiger partial charge >= 0.3 is 12.1 Å². The highest BCUT2D eigenvalue weighted by atomic mass is 19.4. The molecule has 2 aromatic rings. The number of carbonyl (C=O) groups is 1. The second-order valence-corrected chi connectivity index (χ2v) is 4.26. The Labute approximate surface area is 113 Å². The first-order valence-corrected chi connectivity index (χ1v) is 5.76. The molecule has 0 aliphatic carbocycles. The molecule has 20 heavy (non-hydrogen) atoms. The van der Waals surface area contributed by atoms with Crippen molar-refractivity contribution in [2.45, 2.75) is 6.18 Å². The van der Waals surface area contributed by atoms with Crippen molar-refractivity contribution in [2.24, 2.45) is 7.05 Å². The summed E-state index contributed by atoms with van der Waals surface area (Å²) < 4.78 is 43.8. The lowest BCUT2D eigenvalue weighted by molar-refractivity contribution is -0.137. The Balaban J connectivity index is 2.45. The van der Waals surface area contributed by atoms with Crippen molar-refractivity contribution in [1.82, 2.24) is 4.57 Å². The van der Waals surface area contributed by atoms with Crippen LogP contribution in [0.1, 0.15) is 16.1 Å². The van der Waals surface area contributed by atoms with Crippen molar-refractivity contribution >= 4 is 5.97 Å². The number of halogens is 3. The summed E-state index contributed by atoms with van der Waals surface area (Å²) in [5, 5.41) is 0. The Bertz CT molecular complexity index is 627. The predicted octanol–water partition coefficient (Wildman–Crippen LogP) is 3.50. The fraction of sp³-hybridized carbons (Fsp3) is 0.214. The van der Waals surface area contributed by atoms with Crippen molar-refractivity contribution in [1.29, 1.82) is 0 Å². The molecule has 0 saturated carbocycles. The molecule has 0 bridgehead atoms. The van der Waals surface area contributed by atoms with E-state index in [1.807, 2.05) is 0 Å². The number of methoxy groups -OCH3 is 1. The van der Waals surface area contributed by atoms with Gasteiger partial charge in [0.05, 0.1) is 12.7 Å². The van der Waals surface area contributed by atoms with Crippen LogP contribution in [0, 0.1) is 0 Å². The molecule has 1 heterocycles. The van der Waals surface area contributed by atoms with E-state index in [-0.39, 0.29) is 0 Å². The van der Waals surface area contributed by atoms with E-state index in [4.69, 9.17) is 0 Å². The molecule has 0 aliphatic heterocycles. The summed E-state index contributed by atoms with van der Waals surface area (Å²) in [7, 11) is 2.92. The fourth-order valence-electron chi connectivity index (χ4n) is 1.95. The summed E-state index contributed by atoms with van der Waals surface area (Å²) in [4.78, 5) is 11.7. The SMILES string of the molecule is COC(=O)c1c(-c2ccc(C(F)(F)F)cc2)ccn1C. The van der Waals surface area contributed by atoms with Gasteiger partial charge in [0, 0.05) is 18.8 Å². The van der Waals surface area contributed by atoms with E-state index in [1.54, 1.807) is 23.9 Å². The van der Waals surface area contributed by atoms with E-state index in [9.17, 15) is 18.0 Å². The van der Waals surface area contributed by atoms with Crippen molar-refractivity contribution in [3.8, 4) is 11.1 Å². The Morgan fingerprint density at radius 2 is 1.75 bits per heavy atom. The van der Waals surface area contributed by atoms with Crippen LogP contribution in [0.4, 0.5) is 13.2 Å². The quantitative estimate of drug-likeness (QED) is 0.790. The number of nitrogens with zero attached hydrogens (tertiary/aromatic N) is 1. The first-order chi connectivity index (χ1) is 9.34. The number of hydrogen-bond acceptors (Lipinski definition) is 2. The molecule has 3 nitrogen and oxygen atoms in total. The molecule has 6 heteroatoms. The lowest BCUT2D eigenvalue weighted by Crippen LogP contribution is -2.08. The number of hydrogen-bond donors (Lipinski definition) is 0. The molecular formula is C14H12F3NO2. The molecule has 0 fully saturated rings. The molecule has 0 atom stereocenters. The van der Waals surface area contributed by atoms with Crippen LogP contribution in [-0.4, -0.2) is 17.6 Å². The molecule has 106 valence electrons. The van der Waals surface area contributed by atoms with Crippen molar-refractivity contribution in [2.75, 3.05) is 7.11 Å². The van der Waals surface area contributed by atoms with Crippen LogP contribution in [0.25, 0.3) is 11.1 Å². The minimum atomic E-state index is -4.37. The predicted molar refractivity (Wildman–Crippen MR) is 67.2 cm³/mol. The Morgan fingerprint density at radius 1 is 1.15 bits per heavy atom. The highest BCUT2D eigenvalue weighted by Crippen LogP contribution is 2.32. The van der Waals surface area contributed by atoms with Gasteiger partial charge in [0.25, 0.3) is 0 Å². The number of carbonyl (C=O) groups excluding carboxylic acids is 1. The third-order valence-corrected chi connectivity index (χ3v) is 2.97. The summed E-state index contributed by atoms with van der Waals surface area (Å²) in [6.45, 7) is 0. The van der Waals surface area contributed by atoms with Crippen LogP contribution in [0.5, 0.6) is 0 Å². The maximum absolute atomic E-state index is 12.5. The van der Waals surface area contributed by atoms with Gasteiger partial charge in [0.1, 0.15) is 5.69 Å². The first-order valence-electron chi connectivity index (χ1n) is 5.76. The minimum absolute atomic E-state index is 0.298. The standard InChI is InChI=1S/C14H12F3NO2/c1-18-8-7-11(12(18)13(19)20-2)9-3-5-10(6-4-9)14(15,16)17/h3-8H,1-2H3. The third-order valence-electron chi connectivity index (χ3n) is 2.97. The molecule has 0 radical (unpaired) electrons. The van der Waals surface area contributed by atoms with E-state index in [0.717, 1.165) is 12.1 Å². The Hall–Kier alpha value is -2.24. The van der Waals surface area contributed by atoms with Crippen LogP contribution in [0.2, 0.25) is 0 Å².